The van der Waals surface area contributed by atoms with Crippen LogP contribution in [0.15, 0.2) is 21.9 Å². The van der Waals surface area contributed by atoms with Gasteiger partial charge < -0.3 is 24.8 Å². The summed E-state index contributed by atoms with van der Waals surface area (Å²) in [5, 5.41) is 31.7. The molecule has 1 saturated heterocycles. The third-order valence-corrected chi connectivity index (χ3v) is 7.56. The first-order chi connectivity index (χ1) is 18.3. The average molecular weight is 541 g/mol. The number of hydrogen-bond donors (Lipinski definition) is 4. The Morgan fingerprint density at radius 3 is 2.03 bits per heavy atom. The summed E-state index contributed by atoms with van der Waals surface area (Å²) in [6, 6.07) is 1.04. The summed E-state index contributed by atoms with van der Waals surface area (Å²) in [4.78, 5) is 39.2. The van der Waals surface area contributed by atoms with Crippen molar-refractivity contribution in [2.24, 2.45) is 0 Å². The number of carbonyl (C=O) groups is 1. The number of unbranched alkanes of at least 4 members (excludes halogenated alkanes) is 13. The number of carbonyl (C=O) groups excluding carboxylic acids is 1. The van der Waals surface area contributed by atoms with E-state index < -0.39 is 53.8 Å². The summed E-state index contributed by atoms with van der Waals surface area (Å²) in [5.41, 5.74) is -4.13. The average Bonchev–Trinajstić information content (AvgIpc) is 3.16. The zero-order valence-electron chi connectivity index (χ0n) is 23.1. The SMILES string of the molecule is CCCCCCCCCCCCCCCCC(OC)C(=O)[C@@]1(O)[C@H](O)[C@@H](CO)O[C@H]1n1ccc(=O)[nH]c1=O. The maximum absolute atomic E-state index is 13.4. The van der Waals surface area contributed by atoms with E-state index in [1.165, 1.54) is 71.3 Å². The Balaban J connectivity index is 1.80. The molecule has 0 saturated carbocycles. The van der Waals surface area contributed by atoms with Gasteiger partial charge in [0.15, 0.2) is 17.6 Å². The molecule has 38 heavy (non-hydrogen) atoms. The molecule has 2 rings (SSSR count). The third kappa shape index (κ3) is 8.84. The summed E-state index contributed by atoms with van der Waals surface area (Å²) in [6.45, 7) is 1.56. The topological polar surface area (TPSA) is 151 Å². The smallest absolute Gasteiger partial charge is 0.330 e. The van der Waals surface area contributed by atoms with Crippen molar-refractivity contribution in [3.05, 3.63) is 33.1 Å². The Morgan fingerprint density at radius 2 is 1.55 bits per heavy atom. The fraction of sp³-hybridized carbons (Fsp3) is 0.821. The van der Waals surface area contributed by atoms with E-state index in [9.17, 15) is 29.7 Å². The van der Waals surface area contributed by atoms with Gasteiger partial charge in [-0.05, 0) is 6.42 Å². The summed E-state index contributed by atoms with van der Waals surface area (Å²) in [6.07, 6.45) is 12.5. The minimum atomic E-state index is -2.55. The van der Waals surface area contributed by atoms with Crippen molar-refractivity contribution in [3.63, 3.8) is 0 Å². The highest BCUT2D eigenvalue weighted by molar-refractivity contribution is 5.92. The van der Waals surface area contributed by atoms with Crippen LogP contribution >= 0.6 is 0 Å². The van der Waals surface area contributed by atoms with Gasteiger partial charge in [-0.3, -0.25) is 19.1 Å². The number of hydrogen-bond acceptors (Lipinski definition) is 8. The number of aliphatic hydroxyl groups is 3. The quantitative estimate of drug-likeness (QED) is 0.184. The second-order valence-corrected chi connectivity index (χ2v) is 10.5. The Kier molecular flexibility index (Phi) is 14.5. The molecule has 4 N–H and O–H groups in total. The number of H-pyrrole nitrogens is 1. The van der Waals surface area contributed by atoms with Crippen LogP contribution in [-0.2, 0) is 14.3 Å². The fourth-order valence-corrected chi connectivity index (χ4v) is 5.21. The summed E-state index contributed by atoms with van der Waals surface area (Å²) in [5.74, 6) is -0.832. The van der Waals surface area contributed by atoms with Gasteiger partial charge in [0.05, 0.1) is 6.61 Å². The molecule has 5 atom stereocenters. The van der Waals surface area contributed by atoms with Gasteiger partial charge in [-0.2, -0.15) is 0 Å². The highest BCUT2D eigenvalue weighted by Gasteiger charge is 2.62. The molecule has 2 heterocycles. The Morgan fingerprint density at radius 1 is 1.03 bits per heavy atom. The Bertz CT molecular complexity index is 932. The number of nitrogens with one attached hydrogen (secondary N) is 1. The van der Waals surface area contributed by atoms with Gasteiger partial charge >= 0.3 is 5.69 Å². The van der Waals surface area contributed by atoms with Crippen LogP contribution in [0.5, 0.6) is 0 Å². The number of methoxy groups -OCH3 is 1. The summed E-state index contributed by atoms with van der Waals surface area (Å²) < 4.78 is 11.7. The Hall–Kier alpha value is -1.85. The van der Waals surface area contributed by atoms with Gasteiger partial charge in [-0.15, -0.1) is 0 Å². The van der Waals surface area contributed by atoms with E-state index in [-0.39, 0.29) is 0 Å². The molecule has 0 aromatic carbocycles. The van der Waals surface area contributed by atoms with Crippen molar-refractivity contribution in [1.82, 2.24) is 9.55 Å². The maximum atomic E-state index is 13.4. The lowest BCUT2D eigenvalue weighted by atomic mass is 9.85. The molecule has 1 unspecified atom stereocenters. The molecule has 0 bridgehead atoms. The van der Waals surface area contributed by atoms with E-state index >= 15 is 0 Å². The van der Waals surface area contributed by atoms with Crippen LogP contribution in [-0.4, -0.2) is 68.3 Å². The van der Waals surface area contributed by atoms with Gasteiger partial charge in [-0.25, -0.2) is 4.79 Å². The van der Waals surface area contributed by atoms with Gasteiger partial charge in [0, 0.05) is 19.4 Å². The van der Waals surface area contributed by atoms with Crippen molar-refractivity contribution in [3.8, 4) is 0 Å². The van der Waals surface area contributed by atoms with Crippen molar-refractivity contribution >= 4 is 5.78 Å². The van der Waals surface area contributed by atoms with Crippen molar-refractivity contribution in [2.45, 2.75) is 133 Å². The van der Waals surface area contributed by atoms with E-state index in [1.54, 1.807) is 0 Å². The van der Waals surface area contributed by atoms with Gasteiger partial charge in [0.2, 0.25) is 0 Å². The largest absolute Gasteiger partial charge is 0.394 e. The molecule has 0 amide bonds. The molecule has 1 aromatic heterocycles. The van der Waals surface area contributed by atoms with E-state index in [2.05, 4.69) is 6.92 Å². The van der Waals surface area contributed by atoms with E-state index in [0.717, 1.165) is 36.1 Å². The van der Waals surface area contributed by atoms with Crippen molar-refractivity contribution in [1.29, 1.82) is 0 Å². The monoisotopic (exact) mass is 540 g/mol. The molecule has 1 fully saturated rings. The molecular weight excluding hydrogens is 492 g/mol. The maximum Gasteiger partial charge on any atom is 0.330 e. The minimum Gasteiger partial charge on any atom is -0.394 e. The second kappa shape index (κ2) is 17.0. The molecule has 10 heteroatoms. The van der Waals surface area contributed by atoms with Crippen LogP contribution in [0.4, 0.5) is 0 Å². The summed E-state index contributed by atoms with van der Waals surface area (Å²) >= 11 is 0. The molecule has 0 aliphatic carbocycles. The standard InChI is InChI=1S/C28H48N2O8/c1-3-4-5-6-7-8-9-10-11-12-13-14-15-16-17-21(37-2)24(33)28(36)25(34)22(20-31)38-26(28)30-19-18-23(32)29-27(30)35/h18-19,21-22,25-26,31,34,36H,3-17,20H2,1-2H3,(H,29,32,35)/t21?,22-,25-,26-,28-/m1/s1. The molecular formula is C28H48N2O8. The van der Waals surface area contributed by atoms with Crippen LogP contribution in [0, 0.1) is 0 Å². The lowest BCUT2D eigenvalue weighted by Gasteiger charge is -2.32. The zero-order chi connectivity index (χ0) is 28.0. The van der Waals surface area contributed by atoms with E-state index in [1.807, 2.05) is 4.98 Å². The van der Waals surface area contributed by atoms with Crippen LogP contribution in [0.1, 0.15) is 109 Å². The van der Waals surface area contributed by atoms with Crippen molar-refractivity contribution < 1.29 is 29.6 Å². The zero-order valence-corrected chi connectivity index (χ0v) is 23.1. The number of rotatable bonds is 20. The van der Waals surface area contributed by atoms with Crippen LogP contribution in [0.25, 0.3) is 0 Å². The number of nitrogens with zero attached hydrogens (tertiary/aromatic N) is 1. The lowest BCUT2D eigenvalue weighted by molar-refractivity contribution is -0.169. The fourth-order valence-electron chi connectivity index (χ4n) is 5.21. The van der Waals surface area contributed by atoms with E-state index in [4.69, 9.17) is 9.47 Å². The molecule has 218 valence electrons. The van der Waals surface area contributed by atoms with Crippen LogP contribution in [0.3, 0.4) is 0 Å². The van der Waals surface area contributed by atoms with E-state index in [0.29, 0.717) is 12.8 Å². The van der Waals surface area contributed by atoms with Crippen LogP contribution in [0.2, 0.25) is 0 Å². The number of ether oxygens (including phenoxy) is 2. The first-order valence-electron chi connectivity index (χ1n) is 14.4. The van der Waals surface area contributed by atoms with Crippen molar-refractivity contribution in [2.75, 3.05) is 13.7 Å². The third-order valence-electron chi connectivity index (χ3n) is 7.56. The highest BCUT2D eigenvalue weighted by Crippen LogP contribution is 2.40. The predicted octanol–water partition coefficient (Wildman–Crippen LogP) is 2.97. The number of aromatic amines is 1. The van der Waals surface area contributed by atoms with Gasteiger partial charge in [0.1, 0.15) is 18.3 Å². The molecule has 0 radical (unpaired) electrons. The number of Topliss-reactive ketones (excluding diaryl/α,β-unsaturated/α-hetero) is 1. The number of aliphatic hydroxyl groups excluding tert-OH is 2. The first-order valence-corrected chi connectivity index (χ1v) is 14.4. The molecule has 10 nitrogen and oxygen atoms in total. The molecule has 1 aromatic rings. The minimum absolute atomic E-state index is 0.333. The predicted molar refractivity (Wildman–Crippen MR) is 144 cm³/mol. The number of ketones is 1. The first kappa shape index (κ1) is 32.4. The molecule has 0 spiro atoms. The Labute approximate surface area is 225 Å². The van der Waals surface area contributed by atoms with Crippen LogP contribution < -0.4 is 11.2 Å². The summed E-state index contributed by atoms with van der Waals surface area (Å²) in [7, 11) is 1.35. The van der Waals surface area contributed by atoms with Gasteiger partial charge in [0.25, 0.3) is 5.56 Å². The molecule has 1 aliphatic rings. The normalized spacial score (nSPS) is 24.1. The highest BCUT2D eigenvalue weighted by atomic mass is 16.6. The van der Waals surface area contributed by atoms with Gasteiger partial charge in [-0.1, -0.05) is 96.8 Å². The molecule has 1 aliphatic heterocycles. The number of aromatic nitrogens is 2. The second-order valence-electron chi connectivity index (χ2n) is 10.5. The lowest BCUT2D eigenvalue weighted by Crippen LogP contribution is -2.58.